The second-order valence-electron chi connectivity index (χ2n) is 7.50. The standard InChI is InChI=1S/C23H20F3N5O/c1-13(15-8-16(23(24,25)26)10-17(27)9-15)30-20-19-11-18(14-6-4-3-5-7-14)22(32)31(2)21(19)29-12-28-20/h3-13H,27H2,1-2H3,(H,28,29,30)/t13-/m1/s1. The Balaban J connectivity index is 1.80. The summed E-state index contributed by atoms with van der Waals surface area (Å²) < 4.78 is 41.0. The molecule has 0 aliphatic rings. The first-order valence-corrected chi connectivity index (χ1v) is 9.79. The molecule has 0 amide bonds. The van der Waals surface area contributed by atoms with E-state index in [2.05, 4.69) is 15.3 Å². The molecule has 2 aromatic heterocycles. The van der Waals surface area contributed by atoms with Crippen molar-refractivity contribution in [2.24, 2.45) is 7.05 Å². The van der Waals surface area contributed by atoms with E-state index in [0.29, 0.717) is 28.0 Å². The quantitative estimate of drug-likeness (QED) is 0.448. The van der Waals surface area contributed by atoms with Gasteiger partial charge in [-0.15, -0.1) is 0 Å². The molecule has 4 rings (SSSR count). The van der Waals surface area contributed by atoms with Crippen LogP contribution < -0.4 is 16.6 Å². The van der Waals surface area contributed by atoms with Gasteiger partial charge in [0.1, 0.15) is 17.8 Å². The fraction of sp³-hybridized carbons (Fsp3) is 0.174. The lowest BCUT2D eigenvalue weighted by Crippen LogP contribution is -2.20. The van der Waals surface area contributed by atoms with Gasteiger partial charge in [-0.25, -0.2) is 9.97 Å². The normalized spacial score (nSPS) is 12.7. The maximum Gasteiger partial charge on any atom is 0.416 e. The van der Waals surface area contributed by atoms with Crippen LogP contribution in [-0.4, -0.2) is 14.5 Å². The number of hydrogen-bond acceptors (Lipinski definition) is 5. The van der Waals surface area contributed by atoms with E-state index < -0.39 is 17.8 Å². The predicted octanol–water partition coefficient (Wildman–Crippen LogP) is 4.77. The summed E-state index contributed by atoms with van der Waals surface area (Å²) in [6, 6.07) is 13.8. The third-order valence-electron chi connectivity index (χ3n) is 5.25. The van der Waals surface area contributed by atoms with Crippen LogP contribution in [0.15, 0.2) is 65.7 Å². The van der Waals surface area contributed by atoms with Crippen LogP contribution in [0.1, 0.15) is 24.1 Å². The Morgan fingerprint density at radius 2 is 1.78 bits per heavy atom. The number of fused-ring (bicyclic) bond motifs is 1. The Hall–Kier alpha value is -3.88. The summed E-state index contributed by atoms with van der Waals surface area (Å²) in [5, 5.41) is 3.71. The molecule has 1 atom stereocenters. The minimum Gasteiger partial charge on any atom is -0.399 e. The molecular formula is C23H20F3N5O. The van der Waals surface area contributed by atoms with Crippen LogP contribution in [0.3, 0.4) is 0 Å². The van der Waals surface area contributed by atoms with Crippen LogP contribution in [0.2, 0.25) is 0 Å². The van der Waals surface area contributed by atoms with Gasteiger partial charge < -0.3 is 11.1 Å². The highest BCUT2D eigenvalue weighted by molar-refractivity contribution is 5.90. The van der Waals surface area contributed by atoms with E-state index in [1.807, 2.05) is 30.3 Å². The first kappa shape index (κ1) is 21.4. The SMILES string of the molecule is C[C@@H](Nc1ncnc2c1cc(-c1ccccc1)c(=O)n2C)c1cc(N)cc(C(F)(F)F)c1. The Labute approximate surface area is 181 Å². The minimum atomic E-state index is -4.51. The second kappa shape index (κ2) is 7.99. The summed E-state index contributed by atoms with van der Waals surface area (Å²) in [5.74, 6) is 0.395. The fourth-order valence-electron chi connectivity index (χ4n) is 3.59. The van der Waals surface area contributed by atoms with Gasteiger partial charge in [-0.3, -0.25) is 9.36 Å². The van der Waals surface area contributed by atoms with E-state index in [4.69, 9.17) is 5.73 Å². The molecule has 9 heteroatoms. The molecule has 2 aromatic carbocycles. The molecule has 2 heterocycles. The summed E-state index contributed by atoms with van der Waals surface area (Å²) in [5.41, 5.74) is 6.66. The molecule has 0 aliphatic carbocycles. The van der Waals surface area contributed by atoms with Crippen LogP contribution >= 0.6 is 0 Å². The topological polar surface area (TPSA) is 85.8 Å². The van der Waals surface area contributed by atoms with Crippen LogP contribution in [-0.2, 0) is 13.2 Å². The smallest absolute Gasteiger partial charge is 0.399 e. The van der Waals surface area contributed by atoms with Crippen LogP contribution in [0.4, 0.5) is 24.7 Å². The van der Waals surface area contributed by atoms with Crippen molar-refractivity contribution in [2.45, 2.75) is 19.1 Å². The summed E-state index contributed by atoms with van der Waals surface area (Å²) in [4.78, 5) is 21.4. The van der Waals surface area contributed by atoms with Crippen molar-refractivity contribution >= 4 is 22.5 Å². The lowest BCUT2D eigenvalue weighted by molar-refractivity contribution is -0.137. The van der Waals surface area contributed by atoms with Crippen molar-refractivity contribution in [3.05, 3.63) is 82.4 Å². The predicted molar refractivity (Wildman–Crippen MR) is 118 cm³/mol. The van der Waals surface area contributed by atoms with Gasteiger partial charge in [-0.1, -0.05) is 30.3 Å². The van der Waals surface area contributed by atoms with E-state index in [9.17, 15) is 18.0 Å². The van der Waals surface area contributed by atoms with Crippen molar-refractivity contribution in [2.75, 3.05) is 11.1 Å². The van der Waals surface area contributed by atoms with Gasteiger partial charge in [-0.2, -0.15) is 13.2 Å². The monoisotopic (exact) mass is 439 g/mol. The van der Waals surface area contributed by atoms with Crippen LogP contribution in [0, 0.1) is 0 Å². The molecule has 0 saturated carbocycles. The third kappa shape index (κ3) is 4.01. The number of nitrogens with two attached hydrogens (primary N) is 1. The zero-order chi connectivity index (χ0) is 23.0. The molecule has 0 unspecified atom stereocenters. The Morgan fingerprint density at radius 1 is 1.06 bits per heavy atom. The zero-order valence-electron chi connectivity index (χ0n) is 17.3. The van der Waals surface area contributed by atoms with Crippen molar-refractivity contribution in [1.82, 2.24) is 14.5 Å². The van der Waals surface area contributed by atoms with Crippen LogP contribution in [0.25, 0.3) is 22.2 Å². The number of pyridine rings is 1. The van der Waals surface area contributed by atoms with Gasteiger partial charge in [0.15, 0.2) is 0 Å². The lowest BCUT2D eigenvalue weighted by Gasteiger charge is -2.19. The molecule has 0 radical (unpaired) electrons. The van der Waals surface area contributed by atoms with E-state index in [1.165, 1.54) is 17.0 Å². The first-order chi connectivity index (χ1) is 15.1. The van der Waals surface area contributed by atoms with Crippen LogP contribution in [0.5, 0.6) is 0 Å². The summed E-state index contributed by atoms with van der Waals surface area (Å²) >= 11 is 0. The molecule has 0 spiro atoms. The Kier molecular flexibility index (Phi) is 5.33. The highest BCUT2D eigenvalue weighted by Crippen LogP contribution is 2.34. The molecule has 0 fully saturated rings. The van der Waals surface area contributed by atoms with E-state index >= 15 is 0 Å². The van der Waals surface area contributed by atoms with Crippen molar-refractivity contribution in [3.63, 3.8) is 0 Å². The molecule has 0 saturated heterocycles. The fourth-order valence-corrected chi connectivity index (χ4v) is 3.59. The number of nitrogen functional groups attached to an aromatic ring is 1. The Morgan fingerprint density at radius 3 is 2.47 bits per heavy atom. The Bertz CT molecular complexity index is 1350. The van der Waals surface area contributed by atoms with E-state index in [-0.39, 0.29) is 11.2 Å². The van der Waals surface area contributed by atoms with Crippen molar-refractivity contribution < 1.29 is 13.2 Å². The van der Waals surface area contributed by atoms with Crippen molar-refractivity contribution in [3.8, 4) is 11.1 Å². The molecule has 0 bridgehead atoms. The number of rotatable bonds is 4. The number of nitrogens with zero attached hydrogens (tertiary/aromatic N) is 3. The number of halogens is 3. The second-order valence-corrected chi connectivity index (χ2v) is 7.50. The summed E-state index contributed by atoms with van der Waals surface area (Å²) in [6.45, 7) is 1.71. The molecule has 4 aromatic rings. The van der Waals surface area contributed by atoms with Gasteiger partial charge in [0.05, 0.1) is 17.0 Å². The van der Waals surface area contributed by atoms with Gasteiger partial charge >= 0.3 is 6.18 Å². The summed E-state index contributed by atoms with van der Waals surface area (Å²) in [7, 11) is 1.62. The number of alkyl halides is 3. The summed E-state index contributed by atoms with van der Waals surface area (Å²) in [6.07, 6.45) is -3.20. The van der Waals surface area contributed by atoms with Gasteiger partial charge in [-0.05, 0) is 42.3 Å². The zero-order valence-corrected chi connectivity index (χ0v) is 17.3. The number of anilines is 2. The number of nitrogens with one attached hydrogen (secondary N) is 1. The van der Waals surface area contributed by atoms with E-state index in [0.717, 1.165) is 17.7 Å². The molecule has 164 valence electrons. The molecule has 6 nitrogen and oxygen atoms in total. The minimum absolute atomic E-state index is 0.0183. The highest BCUT2D eigenvalue weighted by Gasteiger charge is 2.31. The third-order valence-corrected chi connectivity index (χ3v) is 5.25. The van der Waals surface area contributed by atoms with Gasteiger partial charge in [0, 0.05) is 18.3 Å². The molecule has 32 heavy (non-hydrogen) atoms. The van der Waals surface area contributed by atoms with Crippen molar-refractivity contribution in [1.29, 1.82) is 0 Å². The molecular weight excluding hydrogens is 419 g/mol. The maximum absolute atomic E-state index is 13.2. The number of benzene rings is 2. The molecule has 0 aliphatic heterocycles. The molecule has 3 N–H and O–H groups in total. The largest absolute Gasteiger partial charge is 0.416 e. The number of aryl methyl sites for hydroxylation is 1. The van der Waals surface area contributed by atoms with Gasteiger partial charge in [0.25, 0.3) is 5.56 Å². The van der Waals surface area contributed by atoms with Gasteiger partial charge in [0.2, 0.25) is 0 Å². The number of hydrogen-bond donors (Lipinski definition) is 2. The average Bonchev–Trinajstić information content (AvgIpc) is 2.76. The lowest BCUT2D eigenvalue weighted by atomic mass is 10.0. The maximum atomic E-state index is 13.2. The number of aromatic nitrogens is 3. The average molecular weight is 439 g/mol. The van der Waals surface area contributed by atoms with E-state index in [1.54, 1.807) is 20.0 Å². The highest BCUT2D eigenvalue weighted by atomic mass is 19.4. The first-order valence-electron chi connectivity index (χ1n) is 9.79.